The molecular formula is C16H15BrClN. The number of rotatable bonds is 4. The molecule has 2 aromatic carbocycles. The molecule has 0 fully saturated rings. The summed E-state index contributed by atoms with van der Waals surface area (Å²) in [6, 6.07) is 14.6. The maximum Gasteiger partial charge on any atom is 0.0417 e. The third-order valence-electron chi connectivity index (χ3n) is 3.68. The predicted molar refractivity (Wildman–Crippen MR) is 83.7 cm³/mol. The Morgan fingerprint density at radius 3 is 2.84 bits per heavy atom. The number of halogens is 2. The number of hydrogen-bond donors (Lipinski definition) is 1. The lowest BCUT2D eigenvalue weighted by atomic mass is 9.77. The van der Waals surface area contributed by atoms with Gasteiger partial charge in [0.2, 0.25) is 0 Å². The van der Waals surface area contributed by atoms with Crippen LogP contribution >= 0.6 is 27.5 Å². The molecule has 0 bridgehead atoms. The van der Waals surface area contributed by atoms with Gasteiger partial charge in [-0.05, 0) is 35.2 Å². The highest BCUT2D eigenvalue weighted by molar-refractivity contribution is 9.10. The van der Waals surface area contributed by atoms with Crippen molar-refractivity contribution in [3.63, 3.8) is 0 Å². The minimum absolute atomic E-state index is 0.669. The summed E-state index contributed by atoms with van der Waals surface area (Å²) in [5.41, 5.74) is 4.25. The molecule has 0 aliphatic heterocycles. The van der Waals surface area contributed by atoms with Gasteiger partial charge in [-0.3, -0.25) is 0 Å². The first-order chi connectivity index (χ1) is 9.24. The zero-order valence-corrected chi connectivity index (χ0v) is 12.8. The Hall–Kier alpha value is -0.830. The number of hydrogen-bond acceptors (Lipinski definition) is 1. The molecule has 3 rings (SSSR count). The van der Waals surface area contributed by atoms with Crippen LogP contribution in [0.4, 0.5) is 0 Å². The molecule has 0 spiro atoms. The van der Waals surface area contributed by atoms with Gasteiger partial charge in [0.1, 0.15) is 0 Å². The fraction of sp³-hybridized carbons (Fsp3) is 0.250. The standard InChI is InChI=1S/C16H15BrClN/c17-16-8-14(18)6-5-12(16)9-19-10-13-7-11-3-1-2-4-15(11)13/h1-6,8,13,19H,7,9-10H2. The maximum absolute atomic E-state index is 5.94. The van der Waals surface area contributed by atoms with E-state index >= 15 is 0 Å². The molecule has 0 saturated carbocycles. The number of benzene rings is 2. The molecule has 1 aliphatic carbocycles. The molecule has 0 amide bonds. The van der Waals surface area contributed by atoms with E-state index in [2.05, 4.69) is 51.6 Å². The first-order valence-corrected chi connectivity index (χ1v) is 7.63. The van der Waals surface area contributed by atoms with Gasteiger partial charge in [-0.2, -0.15) is 0 Å². The van der Waals surface area contributed by atoms with E-state index in [0.717, 1.165) is 22.6 Å². The third kappa shape index (κ3) is 2.86. The van der Waals surface area contributed by atoms with Crippen LogP contribution < -0.4 is 5.32 Å². The van der Waals surface area contributed by atoms with Crippen LogP contribution in [0, 0.1) is 0 Å². The zero-order chi connectivity index (χ0) is 13.2. The molecule has 1 atom stereocenters. The van der Waals surface area contributed by atoms with Gasteiger partial charge in [0.25, 0.3) is 0 Å². The Morgan fingerprint density at radius 2 is 2.05 bits per heavy atom. The molecule has 0 aromatic heterocycles. The van der Waals surface area contributed by atoms with Crippen molar-refractivity contribution in [1.82, 2.24) is 5.32 Å². The highest BCUT2D eigenvalue weighted by atomic mass is 79.9. The van der Waals surface area contributed by atoms with Crippen LogP contribution in [-0.4, -0.2) is 6.54 Å². The average molecular weight is 337 g/mol. The Labute approximate surface area is 127 Å². The van der Waals surface area contributed by atoms with E-state index in [1.54, 1.807) is 0 Å². The summed E-state index contributed by atoms with van der Waals surface area (Å²) >= 11 is 9.49. The summed E-state index contributed by atoms with van der Waals surface area (Å²) < 4.78 is 1.07. The van der Waals surface area contributed by atoms with Crippen LogP contribution in [0.1, 0.15) is 22.6 Å². The molecule has 3 heteroatoms. The van der Waals surface area contributed by atoms with Crippen molar-refractivity contribution in [3.8, 4) is 0 Å². The monoisotopic (exact) mass is 335 g/mol. The van der Waals surface area contributed by atoms with Crippen LogP contribution in [-0.2, 0) is 13.0 Å². The second-order valence-electron chi connectivity index (χ2n) is 4.97. The molecule has 1 nitrogen and oxygen atoms in total. The van der Waals surface area contributed by atoms with Crippen molar-refractivity contribution in [3.05, 3.63) is 68.7 Å². The summed E-state index contributed by atoms with van der Waals surface area (Å²) in [5.74, 6) is 0.669. The molecule has 2 aromatic rings. The van der Waals surface area contributed by atoms with E-state index in [-0.39, 0.29) is 0 Å². The number of nitrogens with one attached hydrogen (secondary N) is 1. The van der Waals surface area contributed by atoms with Gasteiger partial charge in [-0.15, -0.1) is 0 Å². The van der Waals surface area contributed by atoms with Gasteiger partial charge in [0.15, 0.2) is 0 Å². The lowest BCUT2D eigenvalue weighted by Gasteiger charge is -2.30. The fourth-order valence-electron chi connectivity index (χ4n) is 2.59. The highest BCUT2D eigenvalue weighted by Gasteiger charge is 2.24. The van der Waals surface area contributed by atoms with Crippen molar-refractivity contribution in [2.24, 2.45) is 0 Å². The van der Waals surface area contributed by atoms with Gasteiger partial charge in [0.05, 0.1) is 0 Å². The van der Waals surface area contributed by atoms with Gasteiger partial charge >= 0.3 is 0 Å². The van der Waals surface area contributed by atoms with E-state index in [9.17, 15) is 0 Å². The molecule has 0 heterocycles. The minimum Gasteiger partial charge on any atom is -0.312 e. The van der Waals surface area contributed by atoms with Crippen molar-refractivity contribution >= 4 is 27.5 Å². The van der Waals surface area contributed by atoms with Crippen LogP contribution in [0.25, 0.3) is 0 Å². The van der Waals surface area contributed by atoms with Crippen molar-refractivity contribution in [1.29, 1.82) is 0 Å². The third-order valence-corrected chi connectivity index (χ3v) is 4.66. The van der Waals surface area contributed by atoms with Gasteiger partial charge in [-0.1, -0.05) is 57.9 Å². The van der Waals surface area contributed by atoms with Crippen LogP contribution in [0.3, 0.4) is 0 Å². The topological polar surface area (TPSA) is 12.0 Å². The van der Waals surface area contributed by atoms with Crippen molar-refractivity contribution < 1.29 is 0 Å². The minimum atomic E-state index is 0.669. The first-order valence-electron chi connectivity index (χ1n) is 6.46. The van der Waals surface area contributed by atoms with Crippen molar-refractivity contribution in [2.75, 3.05) is 6.54 Å². The van der Waals surface area contributed by atoms with Gasteiger partial charge in [-0.25, -0.2) is 0 Å². The molecule has 1 N–H and O–H groups in total. The zero-order valence-electron chi connectivity index (χ0n) is 10.5. The Morgan fingerprint density at radius 1 is 1.21 bits per heavy atom. The largest absolute Gasteiger partial charge is 0.312 e. The second kappa shape index (κ2) is 5.66. The molecule has 0 radical (unpaired) electrons. The quantitative estimate of drug-likeness (QED) is 0.865. The fourth-order valence-corrected chi connectivity index (χ4v) is 3.41. The van der Waals surface area contributed by atoms with E-state index < -0.39 is 0 Å². The summed E-state index contributed by atoms with van der Waals surface area (Å²) in [5, 5.41) is 4.30. The highest BCUT2D eigenvalue weighted by Crippen LogP contribution is 2.34. The normalized spacial score (nSPS) is 16.8. The lowest BCUT2D eigenvalue weighted by molar-refractivity contribution is 0.535. The van der Waals surface area contributed by atoms with Gasteiger partial charge < -0.3 is 5.32 Å². The summed E-state index contributed by atoms with van der Waals surface area (Å²) in [6.45, 7) is 1.91. The Kier molecular flexibility index (Phi) is 3.92. The summed E-state index contributed by atoms with van der Waals surface area (Å²) in [4.78, 5) is 0. The molecular weight excluding hydrogens is 322 g/mol. The average Bonchev–Trinajstić information content (AvgIpc) is 2.37. The van der Waals surface area contributed by atoms with E-state index in [4.69, 9.17) is 11.6 Å². The first kappa shape index (κ1) is 13.2. The van der Waals surface area contributed by atoms with Crippen LogP contribution in [0.2, 0.25) is 5.02 Å². The number of fused-ring (bicyclic) bond motifs is 1. The smallest absolute Gasteiger partial charge is 0.0417 e. The molecule has 0 saturated heterocycles. The molecule has 19 heavy (non-hydrogen) atoms. The second-order valence-corrected chi connectivity index (χ2v) is 6.26. The molecule has 1 aliphatic rings. The Bertz CT molecular complexity index is 597. The summed E-state index contributed by atoms with van der Waals surface area (Å²) in [6.07, 6.45) is 1.20. The summed E-state index contributed by atoms with van der Waals surface area (Å²) in [7, 11) is 0. The van der Waals surface area contributed by atoms with Gasteiger partial charge in [0, 0.05) is 28.5 Å². The molecule has 98 valence electrons. The van der Waals surface area contributed by atoms with Crippen LogP contribution in [0.15, 0.2) is 46.9 Å². The van der Waals surface area contributed by atoms with Crippen LogP contribution in [0.5, 0.6) is 0 Å². The van der Waals surface area contributed by atoms with E-state index in [1.807, 2.05) is 12.1 Å². The van der Waals surface area contributed by atoms with Crippen molar-refractivity contribution in [2.45, 2.75) is 18.9 Å². The molecule has 1 unspecified atom stereocenters. The van der Waals surface area contributed by atoms with E-state index in [0.29, 0.717) is 5.92 Å². The SMILES string of the molecule is Clc1ccc(CNCC2Cc3ccccc32)c(Br)c1. The Balaban J connectivity index is 1.55. The predicted octanol–water partition coefficient (Wildman–Crippen LogP) is 4.53. The lowest BCUT2D eigenvalue weighted by Crippen LogP contribution is -2.28. The van der Waals surface area contributed by atoms with E-state index in [1.165, 1.54) is 23.1 Å². The maximum atomic E-state index is 5.94.